The summed E-state index contributed by atoms with van der Waals surface area (Å²) in [4.78, 5) is 14.1. The Kier molecular flexibility index (Phi) is 5.19. The normalized spacial score (nSPS) is 20.2. The van der Waals surface area contributed by atoms with Crippen LogP contribution in [0.15, 0.2) is 24.3 Å². The maximum absolute atomic E-state index is 12.0. The minimum Gasteiger partial charge on any atom is -0.330 e. The highest BCUT2D eigenvalue weighted by Crippen LogP contribution is 2.20. The van der Waals surface area contributed by atoms with Gasteiger partial charge in [0.05, 0.1) is 17.3 Å². The lowest BCUT2D eigenvalue weighted by atomic mass is 9.98. The summed E-state index contributed by atoms with van der Waals surface area (Å²) in [5.41, 5.74) is 6.36. The van der Waals surface area contributed by atoms with Crippen molar-refractivity contribution in [3.63, 3.8) is 0 Å². The van der Waals surface area contributed by atoms with E-state index in [-0.39, 0.29) is 5.91 Å². The number of anilines is 1. The van der Waals surface area contributed by atoms with Gasteiger partial charge >= 0.3 is 0 Å². The molecule has 1 unspecified atom stereocenters. The van der Waals surface area contributed by atoms with Gasteiger partial charge in [-0.1, -0.05) is 23.7 Å². The van der Waals surface area contributed by atoms with Crippen molar-refractivity contribution in [3.05, 3.63) is 29.3 Å². The van der Waals surface area contributed by atoms with Gasteiger partial charge in [0.2, 0.25) is 5.91 Å². The van der Waals surface area contributed by atoms with Gasteiger partial charge in [0.25, 0.3) is 0 Å². The largest absolute Gasteiger partial charge is 0.330 e. The molecule has 3 N–H and O–H groups in total. The Morgan fingerprint density at radius 1 is 1.47 bits per heavy atom. The summed E-state index contributed by atoms with van der Waals surface area (Å²) >= 11 is 6.01. The van der Waals surface area contributed by atoms with Crippen LogP contribution >= 0.6 is 11.6 Å². The van der Waals surface area contributed by atoms with Crippen LogP contribution in [0.25, 0.3) is 0 Å². The Morgan fingerprint density at radius 3 is 3.00 bits per heavy atom. The van der Waals surface area contributed by atoms with Crippen LogP contribution in [0.2, 0.25) is 5.02 Å². The number of carbonyl (C=O) groups excluding carboxylic acids is 1. The molecule has 1 atom stereocenters. The smallest absolute Gasteiger partial charge is 0.238 e. The van der Waals surface area contributed by atoms with Crippen LogP contribution in [0, 0.1) is 5.92 Å². The lowest BCUT2D eigenvalue weighted by Crippen LogP contribution is -2.42. The number of nitrogens with two attached hydrogens (primary N) is 1. The van der Waals surface area contributed by atoms with E-state index in [1.165, 1.54) is 6.42 Å². The molecule has 19 heavy (non-hydrogen) atoms. The number of amides is 1. The zero-order valence-corrected chi connectivity index (χ0v) is 11.7. The van der Waals surface area contributed by atoms with Gasteiger partial charge in [0.1, 0.15) is 0 Å². The third-order valence-corrected chi connectivity index (χ3v) is 3.78. The molecule has 1 aromatic rings. The summed E-state index contributed by atoms with van der Waals surface area (Å²) in [7, 11) is 0. The number of likely N-dealkylation sites (tertiary alicyclic amines) is 1. The topological polar surface area (TPSA) is 58.4 Å². The Labute approximate surface area is 118 Å². The zero-order valence-electron chi connectivity index (χ0n) is 10.9. The first-order valence-corrected chi connectivity index (χ1v) is 7.03. The number of hydrogen-bond acceptors (Lipinski definition) is 3. The van der Waals surface area contributed by atoms with E-state index in [2.05, 4.69) is 10.2 Å². The average Bonchev–Trinajstić information content (AvgIpc) is 2.41. The summed E-state index contributed by atoms with van der Waals surface area (Å²) in [5.74, 6) is 0.493. The summed E-state index contributed by atoms with van der Waals surface area (Å²) in [6, 6.07) is 7.27. The fourth-order valence-electron chi connectivity index (χ4n) is 2.44. The van der Waals surface area contributed by atoms with Crippen LogP contribution in [0.1, 0.15) is 12.8 Å². The monoisotopic (exact) mass is 281 g/mol. The molecular formula is C14H20ClN3O. The number of piperidine rings is 1. The van der Waals surface area contributed by atoms with Crippen LogP contribution in [0.4, 0.5) is 5.69 Å². The van der Waals surface area contributed by atoms with Gasteiger partial charge in [-0.2, -0.15) is 0 Å². The van der Waals surface area contributed by atoms with Gasteiger partial charge < -0.3 is 11.1 Å². The van der Waals surface area contributed by atoms with E-state index >= 15 is 0 Å². The van der Waals surface area contributed by atoms with E-state index in [1.807, 2.05) is 12.1 Å². The van der Waals surface area contributed by atoms with E-state index < -0.39 is 0 Å². The number of nitrogens with zero attached hydrogens (tertiary/aromatic N) is 1. The number of nitrogens with one attached hydrogen (secondary N) is 1. The number of rotatable bonds is 4. The average molecular weight is 282 g/mol. The summed E-state index contributed by atoms with van der Waals surface area (Å²) in [6.45, 7) is 2.98. The van der Waals surface area contributed by atoms with Crippen molar-refractivity contribution in [1.82, 2.24) is 4.90 Å². The second-order valence-corrected chi connectivity index (χ2v) is 5.41. The molecule has 1 aliphatic rings. The lowest BCUT2D eigenvalue weighted by molar-refractivity contribution is -0.117. The summed E-state index contributed by atoms with van der Waals surface area (Å²) in [6.07, 6.45) is 2.28. The molecule has 0 radical (unpaired) electrons. The van der Waals surface area contributed by atoms with E-state index in [0.717, 1.165) is 19.5 Å². The van der Waals surface area contributed by atoms with E-state index in [9.17, 15) is 4.79 Å². The van der Waals surface area contributed by atoms with Gasteiger partial charge in [0.15, 0.2) is 0 Å². The Bertz CT molecular complexity index is 438. The molecule has 1 saturated heterocycles. The van der Waals surface area contributed by atoms with Crippen molar-refractivity contribution in [1.29, 1.82) is 0 Å². The van der Waals surface area contributed by atoms with Crippen molar-refractivity contribution in [3.8, 4) is 0 Å². The molecule has 0 aliphatic carbocycles. The third kappa shape index (κ3) is 4.20. The maximum Gasteiger partial charge on any atom is 0.238 e. The van der Waals surface area contributed by atoms with E-state index in [1.54, 1.807) is 12.1 Å². The highest BCUT2D eigenvalue weighted by atomic mass is 35.5. The third-order valence-electron chi connectivity index (χ3n) is 3.45. The number of para-hydroxylation sites is 1. The molecule has 1 aromatic carbocycles. The van der Waals surface area contributed by atoms with Crippen molar-refractivity contribution in [2.24, 2.45) is 11.7 Å². The molecule has 1 heterocycles. The van der Waals surface area contributed by atoms with Crippen LogP contribution in [-0.2, 0) is 4.79 Å². The first kappa shape index (κ1) is 14.3. The van der Waals surface area contributed by atoms with Crippen molar-refractivity contribution < 1.29 is 4.79 Å². The molecule has 0 spiro atoms. The van der Waals surface area contributed by atoms with Gasteiger partial charge in [-0.3, -0.25) is 9.69 Å². The minimum atomic E-state index is -0.0224. The standard InChI is InChI=1S/C14H20ClN3O/c15-12-5-1-2-6-13(12)17-14(19)10-18-7-3-4-11(8-16)9-18/h1-2,5-6,11H,3-4,7-10,16H2,(H,17,19). The van der Waals surface area contributed by atoms with Crippen molar-refractivity contribution >= 4 is 23.2 Å². The molecule has 0 aromatic heterocycles. The SMILES string of the molecule is NCC1CCCN(CC(=O)Nc2ccccc2Cl)C1. The van der Waals surface area contributed by atoms with E-state index in [0.29, 0.717) is 29.7 Å². The van der Waals surface area contributed by atoms with Crippen LogP contribution in [0.5, 0.6) is 0 Å². The zero-order chi connectivity index (χ0) is 13.7. The number of halogens is 1. The number of hydrogen-bond donors (Lipinski definition) is 2. The van der Waals surface area contributed by atoms with E-state index in [4.69, 9.17) is 17.3 Å². The van der Waals surface area contributed by atoms with Gasteiger partial charge in [-0.25, -0.2) is 0 Å². The number of carbonyl (C=O) groups is 1. The van der Waals surface area contributed by atoms with Crippen molar-refractivity contribution in [2.45, 2.75) is 12.8 Å². The quantitative estimate of drug-likeness (QED) is 0.887. The van der Waals surface area contributed by atoms with Gasteiger partial charge in [-0.05, 0) is 44.0 Å². The second-order valence-electron chi connectivity index (χ2n) is 5.01. The van der Waals surface area contributed by atoms with Crippen LogP contribution in [0.3, 0.4) is 0 Å². The molecular weight excluding hydrogens is 262 g/mol. The Hall–Kier alpha value is -1.10. The molecule has 1 fully saturated rings. The molecule has 0 saturated carbocycles. The van der Waals surface area contributed by atoms with Crippen LogP contribution < -0.4 is 11.1 Å². The molecule has 4 nitrogen and oxygen atoms in total. The predicted molar refractivity (Wildman–Crippen MR) is 78.3 cm³/mol. The fraction of sp³-hybridized carbons (Fsp3) is 0.500. The highest BCUT2D eigenvalue weighted by Gasteiger charge is 2.20. The van der Waals surface area contributed by atoms with Crippen LogP contribution in [-0.4, -0.2) is 37.0 Å². The minimum absolute atomic E-state index is 0.0224. The summed E-state index contributed by atoms with van der Waals surface area (Å²) in [5, 5.41) is 3.41. The maximum atomic E-state index is 12.0. The molecule has 1 amide bonds. The molecule has 104 valence electrons. The van der Waals surface area contributed by atoms with Gasteiger partial charge in [0, 0.05) is 6.54 Å². The number of benzene rings is 1. The van der Waals surface area contributed by atoms with Gasteiger partial charge in [-0.15, -0.1) is 0 Å². The Morgan fingerprint density at radius 2 is 2.26 bits per heavy atom. The lowest BCUT2D eigenvalue weighted by Gasteiger charge is -2.31. The second kappa shape index (κ2) is 6.89. The highest BCUT2D eigenvalue weighted by molar-refractivity contribution is 6.33. The fourth-order valence-corrected chi connectivity index (χ4v) is 2.63. The molecule has 1 aliphatic heterocycles. The first-order valence-electron chi connectivity index (χ1n) is 6.66. The molecule has 5 heteroatoms. The summed E-state index contributed by atoms with van der Waals surface area (Å²) < 4.78 is 0. The molecule has 2 rings (SSSR count). The molecule has 0 bridgehead atoms. The predicted octanol–water partition coefficient (Wildman–Crippen LogP) is 1.95. The first-order chi connectivity index (χ1) is 9.19. The Balaban J connectivity index is 1.86. The van der Waals surface area contributed by atoms with Crippen molar-refractivity contribution in [2.75, 3.05) is 31.5 Å².